The number of ether oxygens (including phenoxy) is 6. The first-order chi connectivity index (χ1) is 28.8. The van der Waals surface area contributed by atoms with Crippen LogP contribution < -0.4 is 0 Å². The number of carbonyl (C=O) groups excluding carboxylic acids is 1. The summed E-state index contributed by atoms with van der Waals surface area (Å²) in [7, 11) is -10.8. The molecule has 0 aliphatic rings. The van der Waals surface area contributed by atoms with Gasteiger partial charge in [0.05, 0.1) is 32.3 Å². The Balaban J connectivity index is -0.0000000970. The molecule has 0 aromatic heterocycles. The van der Waals surface area contributed by atoms with Crippen LogP contribution in [0.2, 0.25) is 0 Å². The highest BCUT2D eigenvalue weighted by Crippen LogP contribution is 2.48. The first-order valence-electron chi connectivity index (χ1n) is 19.3. The Morgan fingerprint density at radius 1 is 0.629 bits per heavy atom. The van der Waals surface area contributed by atoms with Gasteiger partial charge in [-0.2, -0.15) is 8.42 Å². The number of aliphatic hydroxyl groups excluding tert-OH is 5. The molecule has 0 bridgehead atoms. The van der Waals surface area contributed by atoms with E-state index in [0.717, 1.165) is 6.26 Å². The van der Waals surface area contributed by atoms with Gasteiger partial charge >= 0.3 is 13.8 Å². The van der Waals surface area contributed by atoms with E-state index in [1.54, 1.807) is 66.8 Å². The Labute approximate surface area is 373 Å². The fourth-order valence-electron chi connectivity index (χ4n) is 2.18. The van der Waals surface area contributed by atoms with Gasteiger partial charge in [0.15, 0.2) is 13.6 Å². The van der Waals surface area contributed by atoms with Crippen LogP contribution in [0.3, 0.4) is 0 Å². The van der Waals surface area contributed by atoms with Crippen LogP contribution in [-0.2, 0) is 70.0 Å². The third-order valence-electron chi connectivity index (χ3n) is 4.53. The van der Waals surface area contributed by atoms with Crippen LogP contribution in [0.1, 0.15) is 61.8 Å². The topological polar surface area (TPSA) is 296 Å². The van der Waals surface area contributed by atoms with E-state index in [1.165, 1.54) is 6.08 Å². The maximum Gasteiger partial charge on any atom is 0.510 e. The zero-order chi connectivity index (χ0) is 50.4. The molecule has 21 nitrogen and oxygen atoms in total. The van der Waals surface area contributed by atoms with Gasteiger partial charge in [-0.3, -0.25) is 22.4 Å². The predicted octanol–water partition coefficient (Wildman–Crippen LogP) is 6.09. The molecule has 0 rings (SSSR count). The molecule has 0 aromatic rings. The largest absolute Gasteiger partial charge is 0.510 e. The smallest absolute Gasteiger partial charge is 0.432 e. The normalized spacial score (nSPS) is 12.0. The second kappa shape index (κ2) is 59.6. The Morgan fingerprint density at radius 3 is 1.24 bits per heavy atom. The quantitative estimate of drug-likeness (QED) is 0.0164. The van der Waals surface area contributed by atoms with Crippen LogP contribution >= 0.6 is 22.1 Å². The predicted molar refractivity (Wildman–Crippen MR) is 245 cm³/mol. The van der Waals surface area contributed by atoms with E-state index in [0.29, 0.717) is 45.2 Å². The van der Waals surface area contributed by atoms with Gasteiger partial charge in [0.25, 0.3) is 10.1 Å². The zero-order valence-electron chi connectivity index (χ0n) is 39.5. The Hall–Kier alpha value is -1.39. The minimum atomic E-state index is -3.42. The molecule has 2 unspecified atom stereocenters. The van der Waals surface area contributed by atoms with Crippen LogP contribution in [0, 0.1) is 0 Å². The zero-order valence-corrected chi connectivity index (χ0v) is 43.0. The third-order valence-corrected chi connectivity index (χ3v) is 9.61. The second-order valence-electron chi connectivity index (χ2n) is 11.4. The number of carbonyl (C=O) groups is 1. The van der Waals surface area contributed by atoms with Crippen LogP contribution in [0.4, 0.5) is 4.79 Å². The van der Waals surface area contributed by atoms with Gasteiger partial charge in [-0.15, -0.1) is 19.7 Å². The maximum atomic E-state index is 12.1. The summed E-state index contributed by atoms with van der Waals surface area (Å²) in [5.74, 6) is 0. The molecule has 0 saturated heterocycles. The lowest BCUT2D eigenvalue weighted by atomic mass is 10.5. The van der Waals surface area contributed by atoms with Crippen LogP contribution in [0.15, 0.2) is 38.0 Å². The van der Waals surface area contributed by atoms with E-state index in [-0.39, 0.29) is 65.9 Å². The lowest BCUT2D eigenvalue weighted by Gasteiger charge is -2.17. The summed E-state index contributed by atoms with van der Waals surface area (Å²) >= 11 is 0. The highest BCUT2D eigenvalue weighted by molar-refractivity contribution is 7.86. The Kier molecular flexibility index (Phi) is 74.8. The highest BCUT2D eigenvalue weighted by atomic mass is 32.2. The first kappa shape index (κ1) is 77.8. The van der Waals surface area contributed by atoms with Crippen molar-refractivity contribution in [1.82, 2.24) is 0 Å². The molecule has 0 spiro atoms. The molecule has 0 aliphatic carbocycles. The molecule has 0 amide bonds. The molecule has 0 fully saturated rings. The van der Waals surface area contributed by atoms with Crippen molar-refractivity contribution in [3.8, 4) is 0 Å². The van der Waals surface area contributed by atoms with E-state index in [2.05, 4.69) is 38.1 Å². The maximum absolute atomic E-state index is 12.1. The molecule has 0 saturated carbocycles. The van der Waals surface area contributed by atoms with Gasteiger partial charge in [-0.1, -0.05) is 18.2 Å². The van der Waals surface area contributed by atoms with Crippen molar-refractivity contribution in [1.29, 1.82) is 0 Å². The minimum Gasteiger partial charge on any atom is -0.432 e. The number of rotatable bonds is 26. The van der Waals surface area contributed by atoms with Gasteiger partial charge < -0.3 is 63.0 Å². The molecular weight excluding hydrogens is 905 g/mol. The molecule has 62 heavy (non-hydrogen) atoms. The van der Waals surface area contributed by atoms with Gasteiger partial charge in [-0.05, 0) is 75.1 Å². The summed E-state index contributed by atoms with van der Waals surface area (Å²) in [6.45, 7) is 31.4. The highest BCUT2D eigenvalue weighted by Gasteiger charge is 2.24. The van der Waals surface area contributed by atoms with E-state index < -0.39 is 45.2 Å². The fourth-order valence-corrected chi connectivity index (χ4v) is 5.15. The summed E-state index contributed by atoms with van der Waals surface area (Å²) in [5.41, 5.74) is 0. The molecule has 0 heterocycles. The van der Waals surface area contributed by atoms with Crippen LogP contribution in [-0.4, -0.2) is 178 Å². The average Bonchev–Trinajstić information content (AvgIpc) is 3.14. The van der Waals surface area contributed by atoms with Crippen molar-refractivity contribution < 1.29 is 98.6 Å². The van der Waals surface area contributed by atoms with Crippen molar-refractivity contribution >= 4 is 38.4 Å². The fraction of sp³-hybridized carbons (Fsp3) is 0.811. The Morgan fingerprint density at radius 2 is 1.02 bits per heavy atom. The van der Waals surface area contributed by atoms with Crippen LogP contribution in [0.25, 0.3) is 0 Å². The molecule has 0 radical (unpaired) electrons. The number of allylic oxidation sites excluding steroid dienone is 3. The summed E-state index contributed by atoms with van der Waals surface area (Å²) in [5, 5.41) is 39.1. The number of hydrogen-bond donors (Lipinski definition) is 5. The SMILES string of the molecule is C=CCP(=O)(OCOCC)OCOC(=O)OC(C)C.C=CCP(C)(=O)OCOCC.C=CCP(C)(C)=O.CCO.CCOCO.CCOCO.CCOS(C)(=O)=O.OCCCO. The van der Waals surface area contributed by atoms with Crippen molar-refractivity contribution in [3.63, 3.8) is 0 Å². The summed E-state index contributed by atoms with van der Waals surface area (Å²) in [4.78, 5) is 11.1. The van der Waals surface area contributed by atoms with Gasteiger partial charge in [-0.25, -0.2) is 4.79 Å². The van der Waals surface area contributed by atoms with Crippen LogP contribution in [0.5, 0.6) is 0 Å². The lowest BCUT2D eigenvalue weighted by Crippen LogP contribution is -2.15. The Bertz CT molecular complexity index is 1170. The summed E-state index contributed by atoms with van der Waals surface area (Å²) < 4.78 is 101. The molecule has 5 N–H and O–H groups in total. The van der Waals surface area contributed by atoms with Gasteiger partial charge in [0.1, 0.15) is 13.6 Å². The van der Waals surface area contributed by atoms with E-state index in [1.807, 2.05) is 20.8 Å². The first-order valence-corrected chi connectivity index (χ1v) is 27.9. The summed E-state index contributed by atoms with van der Waals surface area (Å²) in [6, 6.07) is 0. The van der Waals surface area contributed by atoms with Gasteiger partial charge in [0.2, 0.25) is 14.2 Å². The lowest BCUT2D eigenvalue weighted by molar-refractivity contribution is -0.0264. The number of hydrogen-bond acceptors (Lipinski definition) is 21. The second-order valence-corrected chi connectivity index (χ2v) is 21.3. The minimum absolute atomic E-state index is 0.0112. The standard InChI is InChI=1S/C11H21O7P.C7H15O3P.C5H11OP.C3H8O3S.3C3H8O2.C2H6O/c1-5-7-19(13,16-8-14-6-2)17-9-15-11(12)18-10(3)4;1-4-6-11(3,8)10-7-9-5-2;1-4-5-7(2,3)6;1-3-6-7(2,4)5;2*1-2-5-3-4;4-2-1-3-5;1-2-3/h5,10H,1,6-9H2,2-4H3;4H,1,5-7H2,2-3H3;4H,1,5H2,2-3H3;3H2,1-2H3;2*4H,2-3H2,1H3;4-5H,1-3H2;3H,2H2,1H3. The molecule has 380 valence electrons. The van der Waals surface area contributed by atoms with Crippen molar-refractivity contribution in [2.24, 2.45) is 0 Å². The molecule has 2 atom stereocenters. The van der Waals surface area contributed by atoms with Gasteiger partial charge in [0, 0.05) is 65.2 Å². The van der Waals surface area contributed by atoms with E-state index in [9.17, 15) is 26.9 Å². The van der Waals surface area contributed by atoms with Crippen molar-refractivity contribution in [2.45, 2.75) is 67.9 Å². The van der Waals surface area contributed by atoms with E-state index >= 15 is 0 Å². The summed E-state index contributed by atoms with van der Waals surface area (Å²) in [6.07, 6.45) is 6.05. The number of aliphatic hydroxyl groups is 5. The molecular formula is C37H85O21P3S. The van der Waals surface area contributed by atoms with Crippen molar-refractivity contribution in [2.75, 3.05) is 132 Å². The van der Waals surface area contributed by atoms with Crippen molar-refractivity contribution in [3.05, 3.63) is 38.0 Å². The third kappa shape index (κ3) is 102. The molecule has 25 heteroatoms. The average molecular weight is 991 g/mol. The monoisotopic (exact) mass is 990 g/mol. The van der Waals surface area contributed by atoms with E-state index in [4.69, 9.17) is 53.3 Å². The molecule has 0 aliphatic heterocycles. The molecule has 0 aromatic carbocycles.